The van der Waals surface area contributed by atoms with Gasteiger partial charge in [-0.25, -0.2) is 4.79 Å². The van der Waals surface area contributed by atoms with E-state index >= 15 is 0 Å². The van der Waals surface area contributed by atoms with Gasteiger partial charge in [0.1, 0.15) is 0 Å². The van der Waals surface area contributed by atoms with E-state index in [4.69, 9.17) is 5.73 Å². The van der Waals surface area contributed by atoms with Crippen molar-refractivity contribution in [2.24, 2.45) is 0 Å². The molecular weight excluding hydrogens is 288 g/mol. The maximum absolute atomic E-state index is 11.5. The van der Waals surface area contributed by atoms with Gasteiger partial charge < -0.3 is 15.4 Å². The molecule has 0 aliphatic heterocycles. The van der Waals surface area contributed by atoms with Crippen LogP contribution < -0.4 is 5.73 Å². The van der Waals surface area contributed by atoms with Crippen molar-refractivity contribution in [3.8, 4) is 16.9 Å². The molecule has 0 unspecified atom stereocenters. The summed E-state index contributed by atoms with van der Waals surface area (Å²) in [7, 11) is 0. The van der Waals surface area contributed by atoms with E-state index in [2.05, 4.69) is 0 Å². The number of rotatable bonds is 3. The fraction of sp³-hybridized carbons (Fsp3) is 0.105. The molecule has 1 aromatic heterocycles. The lowest BCUT2D eigenvalue weighted by Crippen LogP contribution is -2.02. The highest BCUT2D eigenvalue weighted by atomic mass is 16.4. The number of carboxylic acids is 1. The topological polar surface area (TPSA) is 68.2 Å². The van der Waals surface area contributed by atoms with Gasteiger partial charge in [0.05, 0.1) is 11.3 Å². The molecule has 1 heterocycles. The van der Waals surface area contributed by atoms with Gasteiger partial charge in [-0.1, -0.05) is 29.8 Å². The molecule has 4 nitrogen and oxygen atoms in total. The second-order valence-corrected chi connectivity index (χ2v) is 5.63. The van der Waals surface area contributed by atoms with Crippen LogP contribution in [0.5, 0.6) is 0 Å². The van der Waals surface area contributed by atoms with Crippen LogP contribution >= 0.6 is 0 Å². The van der Waals surface area contributed by atoms with Gasteiger partial charge in [0.15, 0.2) is 0 Å². The van der Waals surface area contributed by atoms with E-state index < -0.39 is 5.97 Å². The molecule has 0 amide bonds. The summed E-state index contributed by atoms with van der Waals surface area (Å²) in [6, 6.07) is 17.2. The van der Waals surface area contributed by atoms with Crippen LogP contribution in [0, 0.1) is 13.8 Å². The third-order valence-electron chi connectivity index (χ3n) is 3.95. The lowest BCUT2D eigenvalue weighted by Gasteiger charge is -2.13. The van der Waals surface area contributed by atoms with E-state index in [0.29, 0.717) is 16.9 Å². The Kier molecular flexibility index (Phi) is 3.66. The molecule has 0 atom stereocenters. The molecule has 0 bridgehead atoms. The van der Waals surface area contributed by atoms with Gasteiger partial charge in [0.2, 0.25) is 0 Å². The molecule has 23 heavy (non-hydrogen) atoms. The largest absolute Gasteiger partial charge is 0.478 e. The summed E-state index contributed by atoms with van der Waals surface area (Å²) in [5.74, 6) is -0.932. The van der Waals surface area contributed by atoms with E-state index in [1.165, 1.54) is 0 Å². The van der Waals surface area contributed by atoms with Crippen LogP contribution in [0.25, 0.3) is 16.9 Å². The van der Waals surface area contributed by atoms with Gasteiger partial charge in [-0.2, -0.15) is 0 Å². The molecule has 0 fully saturated rings. The minimum Gasteiger partial charge on any atom is -0.478 e. The maximum atomic E-state index is 11.5. The molecule has 4 heteroatoms. The number of hydrogen-bond acceptors (Lipinski definition) is 2. The van der Waals surface area contributed by atoms with E-state index in [0.717, 1.165) is 22.5 Å². The molecule has 3 rings (SSSR count). The number of carbonyl (C=O) groups is 1. The van der Waals surface area contributed by atoms with Crippen LogP contribution in [0.1, 0.15) is 21.6 Å². The number of carboxylic acid groups (broad SMARTS) is 1. The molecule has 0 aliphatic carbocycles. The molecular formula is C19H18N2O2. The SMILES string of the molecule is Cc1ccc(-n2c(-c3cccc(N)c3)cc(C(=O)O)c2C)cc1. The highest BCUT2D eigenvalue weighted by molar-refractivity contribution is 5.91. The average Bonchev–Trinajstić information content (AvgIpc) is 2.86. The van der Waals surface area contributed by atoms with Crippen molar-refractivity contribution in [2.75, 3.05) is 5.73 Å². The normalized spacial score (nSPS) is 10.7. The quantitative estimate of drug-likeness (QED) is 0.717. The fourth-order valence-corrected chi connectivity index (χ4v) is 2.76. The zero-order valence-corrected chi connectivity index (χ0v) is 13.1. The van der Waals surface area contributed by atoms with Gasteiger partial charge in [-0.05, 0) is 44.2 Å². The number of nitrogens with zero attached hydrogens (tertiary/aromatic N) is 1. The van der Waals surface area contributed by atoms with Crippen molar-refractivity contribution < 1.29 is 9.90 Å². The van der Waals surface area contributed by atoms with Gasteiger partial charge >= 0.3 is 5.97 Å². The molecule has 0 spiro atoms. The van der Waals surface area contributed by atoms with Gasteiger partial charge in [-0.3, -0.25) is 0 Å². The monoisotopic (exact) mass is 306 g/mol. The van der Waals surface area contributed by atoms with Crippen molar-refractivity contribution in [1.82, 2.24) is 4.57 Å². The van der Waals surface area contributed by atoms with E-state index in [-0.39, 0.29) is 0 Å². The van der Waals surface area contributed by atoms with E-state index in [1.807, 2.05) is 66.9 Å². The Labute approximate surface area is 134 Å². The lowest BCUT2D eigenvalue weighted by molar-refractivity contribution is 0.0696. The van der Waals surface area contributed by atoms with Crippen molar-refractivity contribution in [3.63, 3.8) is 0 Å². The van der Waals surface area contributed by atoms with Gasteiger partial charge in [-0.15, -0.1) is 0 Å². The molecule has 0 saturated heterocycles. The summed E-state index contributed by atoms with van der Waals surface area (Å²) in [6.45, 7) is 3.84. The second kappa shape index (κ2) is 5.65. The lowest BCUT2D eigenvalue weighted by atomic mass is 10.1. The Morgan fingerprint density at radius 2 is 1.74 bits per heavy atom. The summed E-state index contributed by atoms with van der Waals surface area (Å²) in [5, 5.41) is 9.46. The minimum atomic E-state index is -0.932. The zero-order chi connectivity index (χ0) is 16.6. The summed E-state index contributed by atoms with van der Waals surface area (Å²) in [6.07, 6.45) is 0. The zero-order valence-electron chi connectivity index (χ0n) is 13.1. The molecule has 0 aliphatic rings. The highest BCUT2D eigenvalue weighted by Crippen LogP contribution is 2.30. The molecule has 2 aromatic carbocycles. The summed E-state index contributed by atoms with van der Waals surface area (Å²) in [5.41, 5.74) is 11.3. The average molecular weight is 306 g/mol. The first-order chi connectivity index (χ1) is 11.0. The molecule has 0 radical (unpaired) electrons. The molecule has 0 saturated carbocycles. The fourth-order valence-electron chi connectivity index (χ4n) is 2.76. The van der Waals surface area contributed by atoms with Crippen molar-refractivity contribution in [1.29, 1.82) is 0 Å². The molecule has 3 N–H and O–H groups in total. The number of hydrogen-bond donors (Lipinski definition) is 2. The number of benzene rings is 2. The maximum Gasteiger partial charge on any atom is 0.337 e. The van der Waals surface area contributed by atoms with Crippen LogP contribution in [0.3, 0.4) is 0 Å². The van der Waals surface area contributed by atoms with E-state index in [1.54, 1.807) is 6.07 Å². The number of anilines is 1. The van der Waals surface area contributed by atoms with Crippen LogP contribution in [-0.4, -0.2) is 15.6 Å². The first kappa shape index (κ1) is 14.9. The van der Waals surface area contributed by atoms with Crippen molar-refractivity contribution in [2.45, 2.75) is 13.8 Å². The van der Waals surface area contributed by atoms with Gasteiger partial charge in [0, 0.05) is 22.6 Å². The minimum absolute atomic E-state index is 0.294. The third kappa shape index (κ3) is 2.71. The number of aromatic carboxylic acids is 1. The Morgan fingerprint density at radius 3 is 2.35 bits per heavy atom. The standard InChI is InChI=1S/C19H18N2O2/c1-12-6-8-16(9-7-12)21-13(2)17(19(22)23)11-18(21)14-4-3-5-15(20)10-14/h3-11H,20H2,1-2H3,(H,22,23). The smallest absolute Gasteiger partial charge is 0.337 e. The van der Waals surface area contributed by atoms with Crippen molar-refractivity contribution in [3.05, 3.63) is 71.4 Å². The molecule has 116 valence electrons. The highest BCUT2D eigenvalue weighted by Gasteiger charge is 2.19. The second-order valence-electron chi connectivity index (χ2n) is 5.63. The first-order valence-electron chi connectivity index (χ1n) is 7.36. The Balaban J connectivity index is 2.28. The van der Waals surface area contributed by atoms with Crippen LogP contribution in [0.2, 0.25) is 0 Å². The number of nitrogens with two attached hydrogens (primary N) is 1. The Bertz CT molecular complexity index is 877. The van der Waals surface area contributed by atoms with Crippen molar-refractivity contribution >= 4 is 11.7 Å². The van der Waals surface area contributed by atoms with Crippen LogP contribution in [-0.2, 0) is 0 Å². The van der Waals surface area contributed by atoms with E-state index in [9.17, 15) is 9.90 Å². The summed E-state index contributed by atoms with van der Waals surface area (Å²) in [4.78, 5) is 11.5. The number of aryl methyl sites for hydroxylation is 1. The first-order valence-corrected chi connectivity index (χ1v) is 7.36. The summed E-state index contributed by atoms with van der Waals surface area (Å²) < 4.78 is 1.96. The molecule has 3 aromatic rings. The third-order valence-corrected chi connectivity index (χ3v) is 3.95. The van der Waals surface area contributed by atoms with Gasteiger partial charge in [0.25, 0.3) is 0 Å². The predicted octanol–water partition coefficient (Wildman–Crippen LogP) is 4.04. The number of aromatic nitrogens is 1. The summed E-state index contributed by atoms with van der Waals surface area (Å²) >= 11 is 0. The number of nitrogen functional groups attached to an aromatic ring is 1. The predicted molar refractivity (Wildman–Crippen MR) is 92.1 cm³/mol. The Morgan fingerprint density at radius 1 is 1.04 bits per heavy atom. The van der Waals surface area contributed by atoms with Crippen LogP contribution in [0.4, 0.5) is 5.69 Å². The Hall–Kier alpha value is -3.01. The van der Waals surface area contributed by atoms with Crippen LogP contribution in [0.15, 0.2) is 54.6 Å².